The Morgan fingerprint density at radius 2 is 1.55 bits per heavy atom. The summed E-state index contributed by atoms with van der Waals surface area (Å²) in [7, 11) is 3.27. The number of rotatable bonds is 9. The molecule has 2 aromatic carbocycles. The number of hydrogen-bond donors (Lipinski definition) is 1. The van der Waals surface area contributed by atoms with Gasteiger partial charge >= 0.3 is 0 Å². The maximum atomic E-state index is 6.46. The van der Waals surface area contributed by atoms with E-state index in [4.69, 9.17) is 23.7 Å². The zero-order chi connectivity index (χ0) is 21.5. The van der Waals surface area contributed by atoms with Gasteiger partial charge in [0.1, 0.15) is 25.8 Å². The zero-order valence-electron chi connectivity index (χ0n) is 18.5. The number of quaternary nitrogens is 1. The Balaban J connectivity index is 1.33. The number of hydrogen-bond acceptors (Lipinski definition) is 5. The largest absolute Gasteiger partial charge is 0.493 e. The second kappa shape index (κ2) is 10.6. The SMILES string of the molecule is COc1cccc(OC)c1OCC[NH2+]C[C@H]1Oc2ccccc2O[C@@H]1C1CCCCC1. The molecule has 2 N–H and O–H groups in total. The maximum absolute atomic E-state index is 6.46. The van der Waals surface area contributed by atoms with E-state index in [1.165, 1.54) is 32.1 Å². The van der Waals surface area contributed by atoms with Crippen LogP contribution in [0, 0.1) is 5.92 Å². The molecule has 2 aliphatic rings. The zero-order valence-corrected chi connectivity index (χ0v) is 18.5. The van der Waals surface area contributed by atoms with E-state index in [0.717, 1.165) is 24.6 Å². The number of methoxy groups -OCH3 is 2. The number of nitrogens with two attached hydrogens (primary N) is 1. The van der Waals surface area contributed by atoms with Crippen molar-refractivity contribution in [3.63, 3.8) is 0 Å². The molecule has 6 nitrogen and oxygen atoms in total. The molecule has 4 rings (SSSR count). The minimum Gasteiger partial charge on any atom is -0.493 e. The minimum absolute atomic E-state index is 0.0406. The van der Waals surface area contributed by atoms with Crippen molar-refractivity contribution in [1.82, 2.24) is 0 Å². The highest BCUT2D eigenvalue weighted by Gasteiger charge is 2.38. The summed E-state index contributed by atoms with van der Waals surface area (Å²) in [5.74, 6) is 4.29. The Hall–Kier alpha value is -2.60. The standard InChI is InChI=1S/C25H33NO5/c1-27-21-13-8-14-22(28-2)25(21)29-16-15-26-17-23-24(18-9-4-3-5-10-18)31-20-12-7-6-11-19(20)30-23/h6-8,11-14,18,23-24,26H,3-5,9-10,15-17H2,1-2H3/p+1/t23-,24-/m1/s1. The lowest BCUT2D eigenvalue weighted by molar-refractivity contribution is -0.662. The highest BCUT2D eigenvalue weighted by atomic mass is 16.6. The van der Waals surface area contributed by atoms with Gasteiger partial charge in [-0.05, 0) is 43.0 Å². The van der Waals surface area contributed by atoms with Crippen LogP contribution in [0.2, 0.25) is 0 Å². The van der Waals surface area contributed by atoms with Crippen molar-refractivity contribution < 1.29 is 29.0 Å². The first-order valence-corrected chi connectivity index (χ1v) is 11.4. The van der Waals surface area contributed by atoms with Gasteiger partial charge in [-0.1, -0.05) is 37.5 Å². The molecule has 0 amide bonds. The summed E-state index contributed by atoms with van der Waals surface area (Å²) in [4.78, 5) is 0. The van der Waals surface area contributed by atoms with Crippen LogP contribution < -0.4 is 29.0 Å². The molecule has 1 saturated carbocycles. The molecule has 0 radical (unpaired) electrons. The molecule has 0 aromatic heterocycles. The second-order valence-corrected chi connectivity index (χ2v) is 8.24. The highest BCUT2D eigenvalue weighted by Crippen LogP contribution is 2.39. The molecule has 6 heteroatoms. The van der Waals surface area contributed by atoms with E-state index in [0.29, 0.717) is 29.8 Å². The van der Waals surface area contributed by atoms with Crippen LogP contribution in [0.3, 0.4) is 0 Å². The Bertz CT molecular complexity index is 814. The van der Waals surface area contributed by atoms with Gasteiger partial charge in [0, 0.05) is 0 Å². The number of para-hydroxylation sites is 3. The predicted molar refractivity (Wildman–Crippen MR) is 119 cm³/mol. The van der Waals surface area contributed by atoms with Crippen molar-refractivity contribution in [2.75, 3.05) is 33.9 Å². The third-order valence-corrected chi connectivity index (χ3v) is 6.22. The number of benzene rings is 2. The van der Waals surface area contributed by atoms with E-state index in [9.17, 15) is 0 Å². The lowest BCUT2D eigenvalue weighted by Gasteiger charge is -2.38. The molecule has 2 atom stereocenters. The van der Waals surface area contributed by atoms with Crippen LogP contribution in [0.4, 0.5) is 0 Å². The molecular formula is C25H34NO5+. The summed E-state index contributed by atoms with van der Waals surface area (Å²) in [6, 6.07) is 13.7. The molecule has 0 saturated heterocycles. The van der Waals surface area contributed by atoms with E-state index in [2.05, 4.69) is 5.32 Å². The van der Waals surface area contributed by atoms with Crippen LogP contribution in [0.5, 0.6) is 28.7 Å². The summed E-state index contributed by atoms with van der Waals surface area (Å²) in [6.45, 7) is 2.19. The molecule has 0 bridgehead atoms. The number of ether oxygens (including phenoxy) is 5. The average Bonchev–Trinajstić information content (AvgIpc) is 2.83. The molecule has 1 heterocycles. The van der Waals surface area contributed by atoms with Gasteiger partial charge in [-0.25, -0.2) is 0 Å². The van der Waals surface area contributed by atoms with E-state index in [1.807, 2.05) is 42.5 Å². The highest BCUT2D eigenvalue weighted by molar-refractivity contribution is 5.51. The van der Waals surface area contributed by atoms with Crippen molar-refractivity contribution in [1.29, 1.82) is 0 Å². The normalized spacial score (nSPS) is 20.8. The molecule has 0 unspecified atom stereocenters. The van der Waals surface area contributed by atoms with Gasteiger partial charge in [0.25, 0.3) is 0 Å². The Morgan fingerprint density at radius 3 is 2.23 bits per heavy atom. The lowest BCUT2D eigenvalue weighted by Crippen LogP contribution is -2.88. The molecule has 2 aromatic rings. The third kappa shape index (κ3) is 5.18. The van der Waals surface area contributed by atoms with Gasteiger partial charge in [0.2, 0.25) is 5.75 Å². The molecule has 168 valence electrons. The summed E-state index contributed by atoms with van der Waals surface area (Å²) in [5, 5.41) is 2.25. The Labute approximate surface area is 184 Å². The van der Waals surface area contributed by atoms with Gasteiger partial charge in [-0.3, -0.25) is 0 Å². The second-order valence-electron chi connectivity index (χ2n) is 8.24. The first-order valence-electron chi connectivity index (χ1n) is 11.4. The number of fused-ring (bicyclic) bond motifs is 1. The van der Waals surface area contributed by atoms with Gasteiger partial charge in [-0.15, -0.1) is 0 Å². The summed E-state index contributed by atoms with van der Waals surface area (Å²) in [5.41, 5.74) is 0. The van der Waals surface area contributed by atoms with Gasteiger partial charge in [0.15, 0.2) is 29.1 Å². The molecular weight excluding hydrogens is 394 g/mol. The molecule has 0 spiro atoms. The molecule has 1 aliphatic carbocycles. The van der Waals surface area contributed by atoms with Gasteiger partial charge in [-0.2, -0.15) is 0 Å². The summed E-state index contributed by atoms with van der Waals surface area (Å²) >= 11 is 0. The quantitative estimate of drug-likeness (QED) is 0.620. The van der Waals surface area contributed by atoms with Crippen LogP contribution in [0.1, 0.15) is 32.1 Å². The topological polar surface area (TPSA) is 62.8 Å². The smallest absolute Gasteiger partial charge is 0.203 e. The van der Waals surface area contributed by atoms with Gasteiger partial charge < -0.3 is 29.0 Å². The first-order chi connectivity index (χ1) is 15.3. The molecule has 31 heavy (non-hydrogen) atoms. The van der Waals surface area contributed by atoms with Crippen LogP contribution in [-0.2, 0) is 0 Å². The fraction of sp³-hybridized carbons (Fsp3) is 0.520. The summed E-state index contributed by atoms with van der Waals surface area (Å²) in [6.07, 6.45) is 6.52. The van der Waals surface area contributed by atoms with E-state index in [-0.39, 0.29) is 12.2 Å². The van der Waals surface area contributed by atoms with Crippen LogP contribution >= 0.6 is 0 Å². The van der Waals surface area contributed by atoms with Crippen LogP contribution in [0.25, 0.3) is 0 Å². The van der Waals surface area contributed by atoms with E-state index in [1.54, 1.807) is 14.2 Å². The molecule has 1 aliphatic heterocycles. The van der Waals surface area contributed by atoms with Gasteiger partial charge in [0.05, 0.1) is 14.2 Å². The summed E-state index contributed by atoms with van der Waals surface area (Å²) < 4.78 is 29.7. The maximum Gasteiger partial charge on any atom is 0.203 e. The average molecular weight is 429 g/mol. The Morgan fingerprint density at radius 1 is 0.871 bits per heavy atom. The fourth-order valence-electron chi connectivity index (χ4n) is 4.63. The van der Waals surface area contributed by atoms with Crippen LogP contribution in [0.15, 0.2) is 42.5 Å². The van der Waals surface area contributed by atoms with E-state index >= 15 is 0 Å². The predicted octanol–water partition coefficient (Wildman–Crippen LogP) is 3.43. The van der Waals surface area contributed by atoms with Crippen molar-refractivity contribution in [3.8, 4) is 28.7 Å². The van der Waals surface area contributed by atoms with Crippen molar-refractivity contribution in [3.05, 3.63) is 42.5 Å². The minimum atomic E-state index is 0.0406. The van der Waals surface area contributed by atoms with Crippen LogP contribution in [-0.4, -0.2) is 46.1 Å². The molecule has 1 fully saturated rings. The van der Waals surface area contributed by atoms with Crippen molar-refractivity contribution >= 4 is 0 Å². The van der Waals surface area contributed by atoms with Crippen molar-refractivity contribution in [2.24, 2.45) is 5.92 Å². The fourth-order valence-corrected chi connectivity index (χ4v) is 4.63. The van der Waals surface area contributed by atoms with Crippen molar-refractivity contribution in [2.45, 2.75) is 44.3 Å². The lowest BCUT2D eigenvalue weighted by atomic mass is 9.82. The first kappa shape index (κ1) is 21.6. The Kier molecular flexibility index (Phi) is 7.41. The monoisotopic (exact) mass is 428 g/mol. The third-order valence-electron chi connectivity index (χ3n) is 6.22. The van der Waals surface area contributed by atoms with E-state index < -0.39 is 0 Å².